The molecule has 5 heteroatoms. The number of halogens is 1. The van der Waals surface area contributed by atoms with Crippen LogP contribution in [0.25, 0.3) is 0 Å². The van der Waals surface area contributed by atoms with Crippen LogP contribution in [0.3, 0.4) is 0 Å². The second-order valence-corrected chi connectivity index (χ2v) is 4.82. The zero-order valence-corrected chi connectivity index (χ0v) is 12.5. The van der Waals surface area contributed by atoms with Crippen molar-refractivity contribution >= 4 is 11.6 Å². The van der Waals surface area contributed by atoms with Gasteiger partial charge in [-0.3, -0.25) is 0 Å². The van der Waals surface area contributed by atoms with Gasteiger partial charge < -0.3 is 10.6 Å². The van der Waals surface area contributed by atoms with Crippen molar-refractivity contribution < 1.29 is 4.39 Å². The van der Waals surface area contributed by atoms with Crippen LogP contribution >= 0.6 is 0 Å². The van der Waals surface area contributed by atoms with Gasteiger partial charge in [-0.05, 0) is 24.1 Å². The van der Waals surface area contributed by atoms with Crippen molar-refractivity contribution in [3.8, 4) is 0 Å². The molecule has 4 nitrogen and oxygen atoms in total. The number of aryl methyl sites for hydroxylation is 1. The van der Waals surface area contributed by atoms with Crippen molar-refractivity contribution in [1.82, 2.24) is 9.97 Å². The minimum absolute atomic E-state index is 0.222. The fourth-order valence-electron chi connectivity index (χ4n) is 1.88. The number of rotatable bonds is 7. The van der Waals surface area contributed by atoms with Gasteiger partial charge >= 0.3 is 0 Å². The molecule has 0 aliphatic carbocycles. The summed E-state index contributed by atoms with van der Waals surface area (Å²) >= 11 is 0. The zero-order chi connectivity index (χ0) is 15.1. The summed E-state index contributed by atoms with van der Waals surface area (Å²) in [5.41, 5.74) is 1.01. The second-order valence-electron chi connectivity index (χ2n) is 4.82. The van der Waals surface area contributed by atoms with E-state index in [-0.39, 0.29) is 5.82 Å². The van der Waals surface area contributed by atoms with E-state index < -0.39 is 0 Å². The average molecular weight is 288 g/mol. The number of nitrogens with zero attached hydrogens (tertiary/aromatic N) is 2. The molecule has 0 saturated heterocycles. The number of benzene rings is 1. The lowest BCUT2D eigenvalue weighted by atomic mass is 10.2. The van der Waals surface area contributed by atoms with E-state index in [1.807, 2.05) is 13.0 Å². The first-order chi connectivity index (χ1) is 10.2. The van der Waals surface area contributed by atoms with Gasteiger partial charge in [0, 0.05) is 25.6 Å². The van der Waals surface area contributed by atoms with Crippen LogP contribution < -0.4 is 10.6 Å². The first kappa shape index (κ1) is 15.2. The maximum Gasteiger partial charge on any atom is 0.132 e. The molecule has 2 N–H and O–H groups in total. The van der Waals surface area contributed by atoms with Crippen LogP contribution in [0, 0.1) is 5.82 Å². The van der Waals surface area contributed by atoms with Gasteiger partial charge in [-0.15, -0.1) is 0 Å². The van der Waals surface area contributed by atoms with Crippen LogP contribution in [0.5, 0.6) is 0 Å². The fraction of sp³-hybridized carbons (Fsp3) is 0.375. The average Bonchev–Trinajstić information content (AvgIpc) is 2.52. The second kappa shape index (κ2) is 7.57. The van der Waals surface area contributed by atoms with E-state index in [1.54, 1.807) is 12.1 Å². The van der Waals surface area contributed by atoms with Crippen molar-refractivity contribution in [2.24, 2.45) is 0 Å². The van der Waals surface area contributed by atoms with Gasteiger partial charge in [0.2, 0.25) is 0 Å². The molecule has 0 spiro atoms. The summed E-state index contributed by atoms with van der Waals surface area (Å²) in [5.74, 6) is 2.20. The Hall–Kier alpha value is -2.17. The normalized spacial score (nSPS) is 10.4. The van der Waals surface area contributed by atoms with Crippen LogP contribution in [0.4, 0.5) is 16.0 Å². The SMILES string of the molecule is CCCNc1cc(NCc2ccc(F)cc2)nc(CC)n1. The number of aromatic nitrogens is 2. The summed E-state index contributed by atoms with van der Waals surface area (Å²) in [4.78, 5) is 8.90. The molecule has 0 unspecified atom stereocenters. The highest BCUT2D eigenvalue weighted by Crippen LogP contribution is 2.13. The topological polar surface area (TPSA) is 49.8 Å². The van der Waals surface area contributed by atoms with Crippen LogP contribution in [0.2, 0.25) is 0 Å². The lowest BCUT2D eigenvalue weighted by molar-refractivity contribution is 0.627. The van der Waals surface area contributed by atoms with E-state index in [1.165, 1.54) is 12.1 Å². The smallest absolute Gasteiger partial charge is 0.132 e. The van der Waals surface area contributed by atoms with Crippen molar-refractivity contribution in [1.29, 1.82) is 0 Å². The molecule has 0 aliphatic rings. The number of hydrogen-bond donors (Lipinski definition) is 2. The highest BCUT2D eigenvalue weighted by Gasteiger charge is 2.03. The molecule has 2 rings (SSSR count). The van der Waals surface area contributed by atoms with Gasteiger partial charge in [-0.2, -0.15) is 0 Å². The van der Waals surface area contributed by atoms with Gasteiger partial charge in [0.15, 0.2) is 0 Å². The molecule has 0 atom stereocenters. The van der Waals surface area contributed by atoms with Crippen molar-refractivity contribution in [3.63, 3.8) is 0 Å². The maximum absolute atomic E-state index is 12.9. The summed E-state index contributed by atoms with van der Waals surface area (Å²) < 4.78 is 12.9. The van der Waals surface area contributed by atoms with E-state index in [9.17, 15) is 4.39 Å². The summed E-state index contributed by atoms with van der Waals surface area (Å²) in [6.45, 7) is 5.64. The molecule has 0 fully saturated rings. The Labute approximate surface area is 124 Å². The minimum Gasteiger partial charge on any atom is -0.370 e. The largest absolute Gasteiger partial charge is 0.370 e. The minimum atomic E-state index is -0.222. The Morgan fingerprint density at radius 2 is 1.67 bits per heavy atom. The van der Waals surface area contributed by atoms with Crippen LogP contribution in [0.1, 0.15) is 31.7 Å². The standard InChI is InChI=1S/C16H21FN4/c1-3-9-18-15-10-16(21-14(4-2)20-15)19-11-12-5-7-13(17)8-6-12/h5-8,10H,3-4,9,11H2,1-2H3,(H2,18,19,20,21). The summed E-state index contributed by atoms with van der Waals surface area (Å²) in [6, 6.07) is 8.35. The van der Waals surface area contributed by atoms with E-state index >= 15 is 0 Å². The van der Waals surface area contributed by atoms with Crippen LogP contribution in [-0.2, 0) is 13.0 Å². The Morgan fingerprint density at radius 3 is 2.29 bits per heavy atom. The first-order valence-electron chi connectivity index (χ1n) is 7.31. The monoisotopic (exact) mass is 288 g/mol. The third-order valence-electron chi connectivity index (χ3n) is 3.03. The molecule has 0 saturated carbocycles. The zero-order valence-electron chi connectivity index (χ0n) is 12.5. The van der Waals surface area contributed by atoms with Crippen LogP contribution in [0.15, 0.2) is 30.3 Å². The van der Waals surface area contributed by atoms with Gasteiger partial charge in [-0.25, -0.2) is 14.4 Å². The van der Waals surface area contributed by atoms with Gasteiger partial charge in [0.25, 0.3) is 0 Å². The molecule has 1 heterocycles. The predicted molar refractivity (Wildman–Crippen MR) is 83.9 cm³/mol. The molecule has 1 aromatic heterocycles. The van der Waals surface area contributed by atoms with Crippen molar-refractivity contribution in [2.75, 3.05) is 17.2 Å². The number of nitrogens with one attached hydrogen (secondary N) is 2. The Balaban J connectivity index is 2.05. The predicted octanol–water partition coefficient (Wildman–Crippen LogP) is 3.61. The Bertz CT molecular complexity index is 569. The quantitative estimate of drug-likeness (QED) is 0.817. The number of hydrogen-bond acceptors (Lipinski definition) is 4. The highest BCUT2D eigenvalue weighted by molar-refractivity contribution is 5.48. The van der Waals surface area contributed by atoms with E-state index in [4.69, 9.17) is 0 Å². The molecule has 1 aromatic carbocycles. The lowest BCUT2D eigenvalue weighted by Gasteiger charge is -2.10. The van der Waals surface area contributed by atoms with Gasteiger partial charge in [0.05, 0.1) is 0 Å². The first-order valence-corrected chi connectivity index (χ1v) is 7.31. The van der Waals surface area contributed by atoms with Gasteiger partial charge in [-0.1, -0.05) is 26.0 Å². The Kier molecular flexibility index (Phi) is 5.49. The van der Waals surface area contributed by atoms with Crippen molar-refractivity contribution in [2.45, 2.75) is 33.2 Å². The molecular weight excluding hydrogens is 267 g/mol. The molecule has 0 aliphatic heterocycles. The molecule has 21 heavy (non-hydrogen) atoms. The third kappa shape index (κ3) is 4.70. The molecular formula is C16H21FN4. The third-order valence-corrected chi connectivity index (χ3v) is 3.03. The van der Waals surface area contributed by atoms with Crippen LogP contribution in [-0.4, -0.2) is 16.5 Å². The highest BCUT2D eigenvalue weighted by atomic mass is 19.1. The van der Waals surface area contributed by atoms with Gasteiger partial charge in [0.1, 0.15) is 23.3 Å². The van der Waals surface area contributed by atoms with E-state index in [0.29, 0.717) is 6.54 Å². The summed E-state index contributed by atoms with van der Waals surface area (Å²) in [5, 5.41) is 6.53. The molecule has 0 bridgehead atoms. The molecule has 0 amide bonds. The van der Waals surface area contributed by atoms with E-state index in [0.717, 1.165) is 42.4 Å². The molecule has 112 valence electrons. The fourth-order valence-corrected chi connectivity index (χ4v) is 1.88. The summed E-state index contributed by atoms with van der Waals surface area (Å²) in [6.07, 6.45) is 1.83. The molecule has 0 radical (unpaired) electrons. The van der Waals surface area contributed by atoms with Crippen molar-refractivity contribution in [3.05, 3.63) is 47.5 Å². The lowest BCUT2D eigenvalue weighted by Crippen LogP contribution is -2.08. The maximum atomic E-state index is 12.9. The number of anilines is 2. The molecule has 2 aromatic rings. The Morgan fingerprint density at radius 1 is 1.00 bits per heavy atom. The summed E-state index contributed by atoms with van der Waals surface area (Å²) in [7, 11) is 0. The van der Waals surface area contributed by atoms with E-state index in [2.05, 4.69) is 27.5 Å².